The number of nitrogens with one attached hydrogen (secondary N) is 1. The Kier molecular flexibility index (Phi) is 4.02. The maximum Gasteiger partial charge on any atom is 0.266 e. The third kappa shape index (κ3) is 4.00. The lowest BCUT2D eigenvalue weighted by Gasteiger charge is -2.10. The van der Waals surface area contributed by atoms with Crippen LogP contribution in [0.5, 0.6) is 17.2 Å². The standard InChI is InChI=1S/C9H13NO6S/c1-16-9-5-7(11)6(4-8(9)12)10-2-3-17(13,14)15/h4-5,10-12H,2-3H2,1H3,(H,13,14,15). The van der Waals surface area contributed by atoms with Gasteiger partial charge in [0.2, 0.25) is 0 Å². The molecular weight excluding hydrogens is 250 g/mol. The molecule has 0 aliphatic heterocycles. The summed E-state index contributed by atoms with van der Waals surface area (Å²) < 4.78 is 34.2. The summed E-state index contributed by atoms with van der Waals surface area (Å²) in [6, 6.07) is 2.38. The van der Waals surface area contributed by atoms with Crippen LogP contribution in [-0.2, 0) is 10.1 Å². The summed E-state index contributed by atoms with van der Waals surface area (Å²) >= 11 is 0. The molecule has 96 valence electrons. The van der Waals surface area contributed by atoms with Gasteiger partial charge in [-0.1, -0.05) is 0 Å². The zero-order valence-electron chi connectivity index (χ0n) is 9.04. The van der Waals surface area contributed by atoms with Gasteiger partial charge in [0.25, 0.3) is 10.1 Å². The quantitative estimate of drug-likeness (QED) is 0.345. The molecule has 1 aromatic rings. The molecule has 0 heterocycles. The van der Waals surface area contributed by atoms with Crippen LogP contribution in [0.25, 0.3) is 0 Å². The van der Waals surface area contributed by atoms with E-state index in [4.69, 9.17) is 9.29 Å². The molecule has 0 spiro atoms. The fourth-order valence-corrected chi connectivity index (χ4v) is 1.54. The van der Waals surface area contributed by atoms with E-state index in [-0.39, 0.29) is 29.5 Å². The lowest BCUT2D eigenvalue weighted by atomic mass is 10.2. The minimum Gasteiger partial charge on any atom is -0.506 e. The summed E-state index contributed by atoms with van der Waals surface area (Å²) in [4.78, 5) is 0. The Morgan fingerprint density at radius 3 is 2.47 bits per heavy atom. The van der Waals surface area contributed by atoms with Crippen LogP contribution in [0.1, 0.15) is 0 Å². The van der Waals surface area contributed by atoms with Gasteiger partial charge in [-0.15, -0.1) is 0 Å². The van der Waals surface area contributed by atoms with E-state index in [1.54, 1.807) is 0 Å². The molecule has 17 heavy (non-hydrogen) atoms. The van der Waals surface area contributed by atoms with Crippen molar-refractivity contribution in [1.29, 1.82) is 0 Å². The molecule has 0 atom stereocenters. The van der Waals surface area contributed by atoms with Gasteiger partial charge < -0.3 is 20.3 Å². The topological polar surface area (TPSA) is 116 Å². The predicted molar refractivity (Wildman–Crippen MR) is 61.2 cm³/mol. The first kappa shape index (κ1) is 13.4. The minimum atomic E-state index is -4.06. The van der Waals surface area contributed by atoms with Crippen LogP contribution in [0.15, 0.2) is 12.1 Å². The van der Waals surface area contributed by atoms with Crippen LogP contribution in [0.2, 0.25) is 0 Å². The Hall–Kier alpha value is -1.67. The Balaban J connectivity index is 2.75. The van der Waals surface area contributed by atoms with Crippen molar-refractivity contribution in [3.63, 3.8) is 0 Å². The van der Waals surface area contributed by atoms with Crippen molar-refractivity contribution >= 4 is 15.8 Å². The van der Waals surface area contributed by atoms with Gasteiger partial charge in [0.15, 0.2) is 11.5 Å². The second-order valence-electron chi connectivity index (χ2n) is 3.25. The summed E-state index contributed by atoms with van der Waals surface area (Å²) in [5.41, 5.74) is 0.145. The van der Waals surface area contributed by atoms with Crippen LogP contribution in [0.3, 0.4) is 0 Å². The van der Waals surface area contributed by atoms with Crippen molar-refractivity contribution in [3.8, 4) is 17.2 Å². The molecule has 0 saturated carbocycles. The van der Waals surface area contributed by atoms with E-state index in [0.29, 0.717) is 0 Å². The van der Waals surface area contributed by atoms with E-state index in [2.05, 4.69) is 5.32 Å². The van der Waals surface area contributed by atoms with E-state index >= 15 is 0 Å². The number of hydrogen-bond donors (Lipinski definition) is 4. The second kappa shape index (κ2) is 5.11. The van der Waals surface area contributed by atoms with Crippen molar-refractivity contribution < 1.29 is 27.9 Å². The Bertz CT molecular complexity index is 498. The van der Waals surface area contributed by atoms with Gasteiger partial charge in [0, 0.05) is 18.7 Å². The van der Waals surface area contributed by atoms with Crippen molar-refractivity contribution in [1.82, 2.24) is 0 Å². The van der Waals surface area contributed by atoms with E-state index in [1.807, 2.05) is 0 Å². The van der Waals surface area contributed by atoms with Crippen LogP contribution in [0, 0.1) is 0 Å². The average molecular weight is 263 g/mol. The third-order valence-corrected chi connectivity index (χ3v) is 2.69. The number of methoxy groups -OCH3 is 1. The van der Waals surface area contributed by atoms with Gasteiger partial charge in [0.05, 0.1) is 18.6 Å². The van der Waals surface area contributed by atoms with Crippen LogP contribution in [0.4, 0.5) is 5.69 Å². The molecule has 0 radical (unpaired) electrons. The number of phenolic OH excluding ortho intramolecular Hbond substituents is 2. The summed E-state index contributed by atoms with van der Waals surface area (Å²) in [5, 5.41) is 21.5. The molecular formula is C9H13NO6S. The fraction of sp³-hybridized carbons (Fsp3) is 0.333. The van der Waals surface area contributed by atoms with Crippen LogP contribution in [-0.4, -0.2) is 42.6 Å². The molecule has 0 aromatic heterocycles. The van der Waals surface area contributed by atoms with E-state index in [1.165, 1.54) is 19.2 Å². The van der Waals surface area contributed by atoms with Crippen molar-refractivity contribution in [3.05, 3.63) is 12.1 Å². The highest BCUT2D eigenvalue weighted by molar-refractivity contribution is 7.85. The maximum absolute atomic E-state index is 10.5. The summed E-state index contributed by atoms with van der Waals surface area (Å²) in [5.74, 6) is -0.795. The third-order valence-electron chi connectivity index (χ3n) is 1.97. The molecule has 0 unspecified atom stereocenters. The lowest BCUT2D eigenvalue weighted by molar-refractivity contribution is 0.369. The average Bonchev–Trinajstić information content (AvgIpc) is 2.20. The minimum absolute atomic E-state index is 0.0990. The Morgan fingerprint density at radius 1 is 1.29 bits per heavy atom. The number of ether oxygens (including phenoxy) is 1. The number of aromatic hydroxyl groups is 2. The molecule has 0 aliphatic carbocycles. The first-order valence-corrected chi connectivity index (χ1v) is 6.23. The Labute approximate surface area is 98.4 Å². The molecule has 8 heteroatoms. The van der Waals surface area contributed by atoms with Gasteiger partial charge in [-0.05, 0) is 0 Å². The molecule has 0 saturated heterocycles. The monoisotopic (exact) mass is 263 g/mol. The van der Waals surface area contributed by atoms with Crippen molar-refractivity contribution in [2.45, 2.75) is 0 Å². The fourth-order valence-electron chi connectivity index (χ4n) is 1.18. The zero-order valence-corrected chi connectivity index (χ0v) is 9.86. The molecule has 0 fully saturated rings. The van der Waals surface area contributed by atoms with Crippen LogP contribution >= 0.6 is 0 Å². The first-order chi connectivity index (χ1) is 7.83. The number of benzene rings is 1. The summed E-state index contributed by atoms with van der Waals surface area (Å²) in [7, 11) is -2.73. The number of hydrogen-bond acceptors (Lipinski definition) is 6. The lowest BCUT2D eigenvalue weighted by Crippen LogP contribution is -2.14. The normalized spacial score (nSPS) is 11.2. The van der Waals surface area contributed by atoms with Gasteiger partial charge in [0.1, 0.15) is 5.75 Å². The highest BCUT2D eigenvalue weighted by atomic mass is 32.2. The second-order valence-corrected chi connectivity index (χ2v) is 4.83. The summed E-state index contributed by atoms with van der Waals surface area (Å²) in [6.45, 7) is -0.0990. The smallest absolute Gasteiger partial charge is 0.266 e. The predicted octanol–water partition coefficient (Wildman–Crippen LogP) is 0.406. The molecule has 0 amide bonds. The van der Waals surface area contributed by atoms with Gasteiger partial charge >= 0.3 is 0 Å². The summed E-state index contributed by atoms with van der Waals surface area (Å²) in [6.07, 6.45) is 0. The molecule has 0 aliphatic rings. The number of rotatable bonds is 5. The van der Waals surface area contributed by atoms with Gasteiger partial charge in [-0.25, -0.2) is 0 Å². The molecule has 0 bridgehead atoms. The highest BCUT2D eigenvalue weighted by Gasteiger charge is 2.10. The number of anilines is 1. The van der Waals surface area contributed by atoms with E-state index in [0.717, 1.165) is 0 Å². The molecule has 1 aromatic carbocycles. The van der Waals surface area contributed by atoms with E-state index < -0.39 is 15.9 Å². The number of phenols is 2. The maximum atomic E-state index is 10.5. The van der Waals surface area contributed by atoms with Crippen molar-refractivity contribution in [2.75, 3.05) is 24.7 Å². The zero-order chi connectivity index (χ0) is 13.1. The highest BCUT2D eigenvalue weighted by Crippen LogP contribution is 2.36. The Morgan fingerprint density at radius 2 is 1.94 bits per heavy atom. The molecule has 7 nitrogen and oxygen atoms in total. The molecule has 4 N–H and O–H groups in total. The largest absolute Gasteiger partial charge is 0.506 e. The van der Waals surface area contributed by atoms with Crippen molar-refractivity contribution in [2.24, 2.45) is 0 Å². The SMILES string of the molecule is COc1cc(O)c(NCCS(=O)(=O)O)cc1O. The first-order valence-electron chi connectivity index (χ1n) is 4.62. The molecule has 1 rings (SSSR count). The van der Waals surface area contributed by atoms with Gasteiger partial charge in [-0.2, -0.15) is 8.42 Å². The van der Waals surface area contributed by atoms with Gasteiger partial charge in [-0.3, -0.25) is 4.55 Å². The van der Waals surface area contributed by atoms with Crippen LogP contribution < -0.4 is 10.1 Å². The van der Waals surface area contributed by atoms with E-state index in [9.17, 15) is 18.6 Å².